The van der Waals surface area contributed by atoms with Crippen LogP contribution in [-0.4, -0.2) is 66.3 Å². The van der Waals surface area contributed by atoms with Gasteiger partial charge in [0.25, 0.3) is 11.8 Å². The quantitative estimate of drug-likeness (QED) is 0.708. The Morgan fingerprint density at radius 2 is 2.00 bits per heavy atom. The van der Waals surface area contributed by atoms with Crippen LogP contribution in [0.2, 0.25) is 0 Å². The first kappa shape index (κ1) is 22.1. The summed E-state index contributed by atoms with van der Waals surface area (Å²) in [6.07, 6.45) is 8.48. The molecule has 0 radical (unpaired) electrons. The zero-order valence-corrected chi connectivity index (χ0v) is 18.6. The second kappa shape index (κ2) is 10.0. The van der Waals surface area contributed by atoms with E-state index in [4.69, 9.17) is 14.2 Å². The number of imidazole rings is 1. The molecule has 4 rings (SSSR count). The first-order chi connectivity index (χ1) is 15.6. The van der Waals surface area contributed by atoms with Crippen LogP contribution >= 0.6 is 0 Å². The van der Waals surface area contributed by atoms with E-state index in [9.17, 15) is 9.59 Å². The van der Waals surface area contributed by atoms with Crippen molar-refractivity contribution in [2.24, 2.45) is 5.92 Å². The van der Waals surface area contributed by atoms with Crippen molar-refractivity contribution in [1.82, 2.24) is 14.5 Å². The lowest BCUT2D eigenvalue weighted by molar-refractivity contribution is -0.124. The SMILES string of the molecule is COc1cc(C(=O)N2CCC(Cn3ccnc3)CC2)cc(NC(=O)[C@@H]2CCCO2)c1OC. The lowest BCUT2D eigenvalue weighted by atomic mass is 9.96. The van der Waals surface area contributed by atoms with Crippen LogP contribution in [0.4, 0.5) is 5.69 Å². The first-order valence-electron chi connectivity index (χ1n) is 11.0. The molecule has 2 aliphatic heterocycles. The van der Waals surface area contributed by atoms with Crippen molar-refractivity contribution in [3.05, 3.63) is 36.4 Å². The molecular formula is C23H30N4O5. The Balaban J connectivity index is 1.47. The average molecular weight is 443 g/mol. The summed E-state index contributed by atoms with van der Waals surface area (Å²) in [5.41, 5.74) is 0.865. The van der Waals surface area contributed by atoms with Crippen molar-refractivity contribution in [3.8, 4) is 11.5 Å². The van der Waals surface area contributed by atoms with Gasteiger partial charge in [0, 0.05) is 44.2 Å². The molecule has 9 heteroatoms. The van der Waals surface area contributed by atoms with Crippen LogP contribution in [-0.2, 0) is 16.1 Å². The van der Waals surface area contributed by atoms with Gasteiger partial charge in [-0.15, -0.1) is 0 Å². The Bertz CT molecular complexity index is 932. The van der Waals surface area contributed by atoms with Crippen molar-refractivity contribution in [1.29, 1.82) is 0 Å². The number of amides is 2. The number of ether oxygens (including phenoxy) is 3. The maximum atomic E-state index is 13.3. The highest BCUT2D eigenvalue weighted by Crippen LogP contribution is 2.37. The predicted molar refractivity (Wildman–Crippen MR) is 118 cm³/mol. The number of likely N-dealkylation sites (tertiary alicyclic amines) is 1. The van der Waals surface area contributed by atoms with E-state index in [-0.39, 0.29) is 11.8 Å². The highest BCUT2D eigenvalue weighted by molar-refractivity contribution is 6.00. The second-order valence-corrected chi connectivity index (χ2v) is 8.25. The number of methoxy groups -OCH3 is 2. The molecule has 0 unspecified atom stereocenters. The molecule has 0 saturated carbocycles. The van der Waals surface area contributed by atoms with Gasteiger partial charge < -0.3 is 29.0 Å². The van der Waals surface area contributed by atoms with Gasteiger partial charge in [0.1, 0.15) is 6.10 Å². The lowest BCUT2D eigenvalue weighted by Gasteiger charge is -2.32. The Kier molecular flexibility index (Phi) is 6.94. The summed E-state index contributed by atoms with van der Waals surface area (Å²) in [5.74, 6) is 0.970. The maximum Gasteiger partial charge on any atom is 0.254 e. The van der Waals surface area contributed by atoms with E-state index in [1.54, 1.807) is 18.3 Å². The van der Waals surface area contributed by atoms with Gasteiger partial charge in [-0.2, -0.15) is 0 Å². The van der Waals surface area contributed by atoms with Crippen LogP contribution in [0.25, 0.3) is 0 Å². The van der Waals surface area contributed by atoms with E-state index in [1.807, 2.05) is 17.4 Å². The van der Waals surface area contributed by atoms with Crippen molar-refractivity contribution in [2.45, 2.75) is 38.3 Å². The van der Waals surface area contributed by atoms with Crippen molar-refractivity contribution < 1.29 is 23.8 Å². The minimum Gasteiger partial charge on any atom is -0.493 e. The van der Waals surface area contributed by atoms with Gasteiger partial charge >= 0.3 is 0 Å². The van der Waals surface area contributed by atoms with Crippen molar-refractivity contribution in [2.75, 3.05) is 39.2 Å². The standard InChI is InChI=1S/C23H30N4O5/c1-30-20-13-17(12-18(21(20)31-2)25-22(28)19-4-3-11-32-19)23(29)27-8-5-16(6-9-27)14-26-10-7-24-15-26/h7,10,12-13,15-16,19H,3-6,8-9,11,14H2,1-2H3,(H,25,28)/t19-/m0/s1. The summed E-state index contributed by atoms with van der Waals surface area (Å²) in [5, 5.41) is 2.86. The minimum atomic E-state index is -0.486. The monoisotopic (exact) mass is 442 g/mol. The number of anilines is 1. The van der Waals surface area contributed by atoms with E-state index in [2.05, 4.69) is 14.9 Å². The molecule has 1 N–H and O–H groups in total. The van der Waals surface area contributed by atoms with E-state index in [0.717, 1.165) is 25.8 Å². The number of nitrogens with zero attached hydrogens (tertiary/aromatic N) is 3. The molecule has 3 heterocycles. The van der Waals surface area contributed by atoms with Crippen LogP contribution < -0.4 is 14.8 Å². The minimum absolute atomic E-state index is 0.0837. The molecule has 172 valence electrons. The fourth-order valence-electron chi connectivity index (χ4n) is 4.37. The van der Waals surface area contributed by atoms with Crippen LogP contribution in [0.5, 0.6) is 11.5 Å². The molecule has 2 aliphatic rings. The summed E-state index contributed by atoms with van der Waals surface area (Å²) in [4.78, 5) is 31.8. The van der Waals surface area contributed by atoms with Gasteiger partial charge in [-0.25, -0.2) is 4.98 Å². The summed E-state index contributed by atoms with van der Waals surface area (Å²) >= 11 is 0. The van der Waals surface area contributed by atoms with E-state index < -0.39 is 6.10 Å². The number of benzene rings is 1. The highest BCUT2D eigenvalue weighted by Gasteiger charge is 2.28. The molecule has 0 aliphatic carbocycles. The number of carbonyl (C=O) groups excluding carboxylic acids is 2. The number of carbonyl (C=O) groups is 2. The van der Waals surface area contributed by atoms with Gasteiger partial charge in [0.15, 0.2) is 11.5 Å². The van der Waals surface area contributed by atoms with E-state index >= 15 is 0 Å². The Morgan fingerprint density at radius 1 is 1.19 bits per heavy atom. The molecule has 1 atom stereocenters. The normalized spacial score (nSPS) is 19.1. The number of nitrogens with one attached hydrogen (secondary N) is 1. The zero-order valence-electron chi connectivity index (χ0n) is 18.6. The van der Waals surface area contributed by atoms with Gasteiger partial charge in [-0.1, -0.05) is 0 Å². The number of hydrogen-bond acceptors (Lipinski definition) is 6. The van der Waals surface area contributed by atoms with E-state index in [0.29, 0.717) is 54.8 Å². The summed E-state index contributed by atoms with van der Waals surface area (Å²) in [6, 6.07) is 3.33. The Morgan fingerprint density at radius 3 is 2.62 bits per heavy atom. The second-order valence-electron chi connectivity index (χ2n) is 8.25. The number of aromatic nitrogens is 2. The largest absolute Gasteiger partial charge is 0.493 e. The summed E-state index contributed by atoms with van der Waals surface area (Å²) in [7, 11) is 3.02. The Labute approximate surface area is 187 Å². The molecule has 32 heavy (non-hydrogen) atoms. The topological polar surface area (TPSA) is 94.9 Å². The molecular weight excluding hydrogens is 412 g/mol. The summed E-state index contributed by atoms with van der Waals surface area (Å²) in [6.45, 7) is 2.86. The Hall–Kier alpha value is -3.07. The molecule has 2 fully saturated rings. The summed E-state index contributed by atoms with van der Waals surface area (Å²) < 4.78 is 18.5. The van der Waals surface area contributed by atoms with Crippen LogP contribution in [0, 0.1) is 5.92 Å². The predicted octanol–water partition coefficient (Wildman–Crippen LogP) is 2.57. The van der Waals surface area contributed by atoms with Crippen LogP contribution in [0.15, 0.2) is 30.9 Å². The fourth-order valence-corrected chi connectivity index (χ4v) is 4.37. The molecule has 9 nitrogen and oxygen atoms in total. The van der Waals surface area contributed by atoms with Gasteiger partial charge in [-0.3, -0.25) is 9.59 Å². The molecule has 2 saturated heterocycles. The van der Waals surface area contributed by atoms with Gasteiger partial charge in [0.2, 0.25) is 0 Å². The number of hydrogen-bond donors (Lipinski definition) is 1. The number of piperidine rings is 1. The van der Waals surface area contributed by atoms with Crippen molar-refractivity contribution >= 4 is 17.5 Å². The molecule has 0 bridgehead atoms. The first-order valence-corrected chi connectivity index (χ1v) is 11.0. The van der Waals surface area contributed by atoms with Crippen LogP contribution in [0.1, 0.15) is 36.0 Å². The number of rotatable bonds is 7. The molecule has 2 amide bonds. The zero-order chi connectivity index (χ0) is 22.5. The average Bonchev–Trinajstić information content (AvgIpc) is 3.53. The highest BCUT2D eigenvalue weighted by atomic mass is 16.5. The lowest BCUT2D eigenvalue weighted by Crippen LogP contribution is -2.39. The third kappa shape index (κ3) is 4.88. The molecule has 0 spiro atoms. The molecule has 2 aromatic rings. The molecule has 1 aromatic heterocycles. The molecule has 1 aromatic carbocycles. The van der Waals surface area contributed by atoms with Crippen molar-refractivity contribution in [3.63, 3.8) is 0 Å². The van der Waals surface area contributed by atoms with Gasteiger partial charge in [0.05, 0.1) is 26.2 Å². The fraction of sp³-hybridized carbons (Fsp3) is 0.522. The van der Waals surface area contributed by atoms with E-state index in [1.165, 1.54) is 14.2 Å². The van der Waals surface area contributed by atoms with Gasteiger partial charge in [-0.05, 0) is 43.7 Å². The smallest absolute Gasteiger partial charge is 0.254 e. The third-order valence-electron chi connectivity index (χ3n) is 6.14. The van der Waals surface area contributed by atoms with Crippen LogP contribution in [0.3, 0.4) is 0 Å². The third-order valence-corrected chi connectivity index (χ3v) is 6.14. The maximum absolute atomic E-state index is 13.3.